The van der Waals surface area contributed by atoms with E-state index in [9.17, 15) is 0 Å². The van der Waals surface area contributed by atoms with Crippen LogP contribution >= 0.6 is 0 Å². The maximum Gasteiger partial charge on any atom is 0.0676 e. The van der Waals surface area contributed by atoms with E-state index in [1.54, 1.807) is 0 Å². The van der Waals surface area contributed by atoms with Crippen molar-refractivity contribution in [2.45, 2.75) is 37.6 Å². The summed E-state index contributed by atoms with van der Waals surface area (Å²) in [5.41, 5.74) is 18.2. The molecule has 49 heavy (non-hydrogen) atoms. The SMILES string of the molecule is C=C(NCC(C)c1cccc2ccccc12)C1=CC=C(C2(c3ccccc3)c3ccccc3-c3ccccc32)CC1.NCc1ccccc1. The molecule has 2 aliphatic carbocycles. The second kappa shape index (κ2) is 14.4. The van der Waals surface area contributed by atoms with Gasteiger partial charge in [0.15, 0.2) is 0 Å². The van der Waals surface area contributed by atoms with Gasteiger partial charge in [-0.15, -0.1) is 0 Å². The van der Waals surface area contributed by atoms with Gasteiger partial charge in [0.05, 0.1) is 5.41 Å². The highest BCUT2D eigenvalue weighted by Gasteiger charge is 2.47. The van der Waals surface area contributed by atoms with Crippen molar-refractivity contribution in [2.75, 3.05) is 6.54 Å². The molecular formula is C47H44N2. The molecule has 0 bridgehead atoms. The Balaban J connectivity index is 0.000000417. The van der Waals surface area contributed by atoms with Crippen LogP contribution in [0.4, 0.5) is 0 Å². The molecule has 0 amide bonds. The highest BCUT2D eigenvalue weighted by atomic mass is 14.9. The highest BCUT2D eigenvalue weighted by Crippen LogP contribution is 2.57. The molecule has 8 rings (SSSR count). The first-order chi connectivity index (χ1) is 24.1. The van der Waals surface area contributed by atoms with Crippen molar-refractivity contribution in [1.29, 1.82) is 0 Å². The minimum absolute atomic E-state index is 0.284. The molecule has 0 saturated carbocycles. The van der Waals surface area contributed by atoms with Gasteiger partial charge in [-0.3, -0.25) is 0 Å². The van der Waals surface area contributed by atoms with Crippen molar-refractivity contribution >= 4 is 10.8 Å². The molecule has 1 unspecified atom stereocenters. The van der Waals surface area contributed by atoms with Crippen molar-refractivity contribution in [1.82, 2.24) is 5.32 Å². The Morgan fingerprint density at radius 1 is 0.673 bits per heavy atom. The predicted molar refractivity (Wildman–Crippen MR) is 207 cm³/mol. The topological polar surface area (TPSA) is 38.0 Å². The van der Waals surface area contributed by atoms with Crippen LogP contribution in [0, 0.1) is 0 Å². The Labute approximate surface area is 291 Å². The van der Waals surface area contributed by atoms with Crippen molar-refractivity contribution in [3.05, 3.63) is 215 Å². The maximum absolute atomic E-state index is 5.35. The van der Waals surface area contributed by atoms with E-state index in [4.69, 9.17) is 5.73 Å². The maximum atomic E-state index is 5.35. The zero-order chi connectivity index (χ0) is 33.6. The van der Waals surface area contributed by atoms with Crippen LogP contribution in [-0.4, -0.2) is 6.54 Å². The fourth-order valence-electron chi connectivity index (χ4n) is 7.76. The summed E-state index contributed by atoms with van der Waals surface area (Å²) in [6, 6.07) is 54.3. The average Bonchev–Trinajstić information content (AvgIpc) is 3.48. The second-order valence-electron chi connectivity index (χ2n) is 13.1. The van der Waals surface area contributed by atoms with Crippen molar-refractivity contribution < 1.29 is 0 Å². The van der Waals surface area contributed by atoms with E-state index in [1.807, 2.05) is 30.3 Å². The van der Waals surface area contributed by atoms with E-state index >= 15 is 0 Å². The van der Waals surface area contributed by atoms with E-state index in [-0.39, 0.29) is 5.41 Å². The molecule has 2 heteroatoms. The Morgan fingerprint density at radius 3 is 1.90 bits per heavy atom. The van der Waals surface area contributed by atoms with Gasteiger partial charge in [-0.2, -0.15) is 0 Å². The molecule has 0 radical (unpaired) electrons. The highest BCUT2D eigenvalue weighted by molar-refractivity contribution is 5.87. The van der Waals surface area contributed by atoms with Gasteiger partial charge in [-0.25, -0.2) is 0 Å². The number of rotatable bonds is 8. The quantitative estimate of drug-likeness (QED) is 0.174. The van der Waals surface area contributed by atoms with E-state index in [0.29, 0.717) is 12.5 Å². The van der Waals surface area contributed by atoms with Gasteiger partial charge in [0, 0.05) is 18.8 Å². The third kappa shape index (κ3) is 6.17. The lowest BCUT2D eigenvalue weighted by Gasteiger charge is -2.37. The lowest BCUT2D eigenvalue weighted by atomic mass is 9.65. The molecule has 242 valence electrons. The molecule has 0 aromatic heterocycles. The van der Waals surface area contributed by atoms with Crippen molar-refractivity contribution in [3.8, 4) is 11.1 Å². The van der Waals surface area contributed by atoms with Gasteiger partial charge in [0.2, 0.25) is 0 Å². The third-order valence-corrected chi connectivity index (χ3v) is 10.2. The van der Waals surface area contributed by atoms with Gasteiger partial charge in [-0.1, -0.05) is 183 Å². The van der Waals surface area contributed by atoms with Gasteiger partial charge < -0.3 is 11.1 Å². The lowest BCUT2D eigenvalue weighted by Crippen LogP contribution is -2.30. The third-order valence-electron chi connectivity index (χ3n) is 10.2. The van der Waals surface area contributed by atoms with Crippen molar-refractivity contribution in [2.24, 2.45) is 5.73 Å². The van der Waals surface area contributed by atoms with Crippen LogP contribution in [0.2, 0.25) is 0 Å². The summed E-state index contributed by atoms with van der Waals surface area (Å²) >= 11 is 0. The number of allylic oxidation sites excluding steroid dienone is 4. The standard InChI is InChI=1S/C40H35N.C7H9N/c1-28(34-20-12-14-31-13-6-7-17-35(31)34)27-41-29(2)30-23-25-33(26-24-30)40(32-15-4-3-5-16-32)38-21-10-8-18-36(38)37-19-9-11-22-39(37)40;8-6-7-4-2-1-3-5-7/h3-23,25,28,41H,2,24,26-27H2,1H3;1-5H,6,8H2. The summed E-state index contributed by atoms with van der Waals surface area (Å²) in [5.74, 6) is 0.376. The summed E-state index contributed by atoms with van der Waals surface area (Å²) in [7, 11) is 0. The summed E-state index contributed by atoms with van der Waals surface area (Å²) in [4.78, 5) is 0. The Hall–Kier alpha value is -5.44. The Bertz CT molecular complexity index is 2090. The number of hydrogen-bond donors (Lipinski definition) is 2. The fourth-order valence-corrected chi connectivity index (χ4v) is 7.76. The van der Waals surface area contributed by atoms with Crippen LogP contribution in [0.1, 0.15) is 53.5 Å². The molecule has 0 spiro atoms. The first kappa shape index (κ1) is 32.1. The molecule has 2 aliphatic rings. The first-order valence-electron chi connectivity index (χ1n) is 17.4. The average molecular weight is 637 g/mol. The number of benzene rings is 6. The molecule has 0 heterocycles. The first-order valence-corrected chi connectivity index (χ1v) is 17.4. The molecule has 0 aliphatic heterocycles. The van der Waals surface area contributed by atoms with E-state index < -0.39 is 0 Å². The van der Waals surface area contributed by atoms with Gasteiger partial charge >= 0.3 is 0 Å². The van der Waals surface area contributed by atoms with Crippen LogP contribution < -0.4 is 11.1 Å². The minimum Gasteiger partial charge on any atom is -0.385 e. The number of nitrogens with two attached hydrogens (primary N) is 1. The predicted octanol–water partition coefficient (Wildman–Crippen LogP) is 10.9. The summed E-state index contributed by atoms with van der Waals surface area (Å²) in [6.45, 7) is 8.26. The monoisotopic (exact) mass is 636 g/mol. The van der Waals surface area contributed by atoms with Crippen LogP contribution in [0.3, 0.4) is 0 Å². The fraction of sp³-hybridized carbons (Fsp3) is 0.149. The number of fused-ring (bicyclic) bond motifs is 4. The van der Waals surface area contributed by atoms with E-state index in [0.717, 1.165) is 25.1 Å². The largest absolute Gasteiger partial charge is 0.385 e. The van der Waals surface area contributed by atoms with E-state index in [2.05, 4.69) is 152 Å². The summed E-state index contributed by atoms with van der Waals surface area (Å²) in [5, 5.41) is 6.31. The van der Waals surface area contributed by atoms with Crippen LogP contribution in [0.15, 0.2) is 187 Å². The molecule has 0 saturated heterocycles. The van der Waals surface area contributed by atoms with Gasteiger partial charge in [-0.05, 0) is 74.0 Å². The van der Waals surface area contributed by atoms with E-state index in [1.165, 1.54) is 60.9 Å². The zero-order valence-electron chi connectivity index (χ0n) is 28.3. The molecule has 2 nitrogen and oxygen atoms in total. The molecule has 1 atom stereocenters. The van der Waals surface area contributed by atoms with Gasteiger partial charge in [0.1, 0.15) is 0 Å². The molecule has 6 aromatic carbocycles. The summed E-state index contributed by atoms with van der Waals surface area (Å²) < 4.78 is 0. The molecule has 3 N–H and O–H groups in total. The Kier molecular flexibility index (Phi) is 9.41. The Morgan fingerprint density at radius 2 is 1.27 bits per heavy atom. The smallest absolute Gasteiger partial charge is 0.0676 e. The summed E-state index contributed by atoms with van der Waals surface area (Å²) in [6.07, 6.45) is 6.65. The minimum atomic E-state index is -0.284. The number of hydrogen-bond acceptors (Lipinski definition) is 2. The molecular weight excluding hydrogens is 593 g/mol. The van der Waals surface area contributed by atoms with Gasteiger partial charge in [0.25, 0.3) is 0 Å². The lowest BCUT2D eigenvalue weighted by molar-refractivity contribution is 0.663. The van der Waals surface area contributed by atoms with Crippen LogP contribution in [0.25, 0.3) is 21.9 Å². The van der Waals surface area contributed by atoms with Crippen LogP contribution in [-0.2, 0) is 12.0 Å². The normalized spacial score (nSPS) is 14.7. The van der Waals surface area contributed by atoms with Crippen molar-refractivity contribution in [3.63, 3.8) is 0 Å². The second-order valence-corrected chi connectivity index (χ2v) is 13.1. The molecule has 0 fully saturated rings. The zero-order valence-corrected chi connectivity index (χ0v) is 28.3. The number of nitrogens with one attached hydrogen (secondary N) is 1. The molecule has 6 aromatic rings. The van der Waals surface area contributed by atoms with Crippen LogP contribution in [0.5, 0.6) is 0 Å².